The molecule has 1 aromatic rings. The van der Waals surface area contributed by atoms with Crippen molar-refractivity contribution in [3.8, 4) is 5.88 Å². The van der Waals surface area contributed by atoms with Crippen LogP contribution in [0.15, 0.2) is 11.0 Å². The number of nitrogens with one attached hydrogen (secondary N) is 1. The van der Waals surface area contributed by atoms with Crippen molar-refractivity contribution < 1.29 is 13.5 Å². The molecular weight excluding hydrogens is 180 g/mol. The maximum Gasteiger partial charge on any atom is 0.272 e. The minimum Gasteiger partial charge on any atom is -0.482 e. The number of halogens is 2. The zero-order valence-electron chi connectivity index (χ0n) is 7.23. The van der Waals surface area contributed by atoms with E-state index in [0.717, 1.165) is 0 Å². The Kier molecular flexibility index (Phi) is 2.65. The third-order valence-corrected chi connectivity index (χ3v) is 1.69. The molecule has 1 N–H and O–H groups in total. The van der Waals surface area contributed by atoms with E-state index in [2.05, 4.69) is 9.72 Å². The molecule has 1 rings (SSSR count). The first-order chi connectivity index (χ1) is 6.07. The van der Waals surface area contributed by atoms with E-state index in [-0.39, 0.29) is 11.4 Å². The zero-order valence-corrected chi connectivity index (χ0v) is 7.23. The second kappa shape index (κ2) is 3.55. The average Bonchev–Trinajstić information content (AvgIpc) is 2.08. The maximum atomic E-state index is 12.4. The molecule has 0 unspecified atom stereocenters. The molecule has 1 heterocycles. The van der Waals surface area contributed by atoms with E-state index < -0.39 is 17.4 Å². The fourth-order valence-electron chi connectivity index (χ4n) is 1.000. The molecule has 0 radical (unpaired) electrons. The van der Waals surface area contributed by atoms with E-state index in [4.69, 9.17) is 0 Å². The van der Waals surface area contributed by atoms with E-state index in [0.29, 0.717) is 0 Å². The van der Waals surface area contributed by atoms with Crippen LogP contribution in [0.25, 0.3) is 0 Å². The van der Waals surface area contributed by atoms with Crippen molar-refractivity contribution in [2.75, 3.05) is 7.11 Å². The molecule has 0 bridgehead atoms. The van der Waals surface area contributed by atoms with Gasteiger partial charge in [-0.15, -0.1) is 0 Å². The predicted octanol–water partition coefficient (Wildman–Crippen LogP) is 1.63. The lowest BCUT2D eigenvalue weighted by atomic mass is 10.2. The maximum absolute atomic E-state index is 12.4. The van der Waals surface area contributed by atoms with Gasteiger partial charge in [0, 0.05) is 11.8 Å². The summed E-state index contributed by atoms with van der Waals surface area (Å²) in [6.07, 6.45) is -1.48. The topological polar surface area (TPSA) is 42.1 Å². The van der Waals surface area contributed by atoms with Gasteiger partial charge >= 0.3 is 0 Å². The van der Waals surface area contributed by atoms with Gasteiger partial charge < -0.3 is 9.72 Å². The second-order valence-corrected chi connectivity index (χ2v) is 2.55. The van der Waals surface area contributed by atoms with Crippen LogP contribution in [0.1, 0.15) is 17.6 Å². The summed E-state index contributed by atoms with van der Waals surface area (Å²) in [7, 11) is 1.23. The quantitative estimate of drug-likeness (QED) is 0.768. The summed E-state index contributed by atoms with van der Waals surface area (Å²) in [6.45, 7) is 1.46. The summed E-state index contributed by atoms with van der Waals surface area (Å²) in [5.41, 5.74) is -1.04. The highest BCUT2D eigenvalue weighted by molar-refractivity contribution is 5.30. The van der Waals surface area contributed by atoms with Gasteiger partial charge in [0.2, 0.25) is 5.88 Å². The number of rotatable bonds is 2. The lowest BCUT2D eigenvalue weighted by molar-refractivity contribution is 0.144. The number of H-pyrrole nitrogens is 1. The zero-order chi connectivity index (χ0) is 10.0. The molecule has 0 saturated carbocycles. The van der Waals surface area contributed by atoms with Gasteiger partial charge in [0.25, 0.3) is 6.43 Å². The van der Waals surface area contributed by atoms with Crippen molar-refractivity contribution in [1.82, 2.24) is 4.98 Å². The van der Waals surface area contributed by atoms with Crippen LogP contribution in [0, 0.1) is 6.92 Å². The molecule has 0 fully saturated rings. The van der Waals surface area contributed by atoms with Gasteiger partial charge in [-0.05, 0) is 6.92 Å². The average molecular weight is 189 g/mol. The molecule has 3 nitrogen and oxygen atoms in total. The lowest BCUT2D eigenvalue weighted by Gasteiger charge is -2.06. The number of hydrogen-bond donors (Lipinski definition) is 1. The van der Waals surface area contributed by atoms with E-state index in [1.165, 1.54) is 20.2 Å². The smallest absolute Gasteiger partial charge is 0.272 e. The van der Waals surface area contributed by atoms with Gasteiger partial charge in [-0.3, -0.25) is 4.79 Å². The van der Waals surface area contributed by atoms with Gasteiger partial charge in [0.1, 0.15) is 5.56 Å². The monoisotopic (exact) mass is 189 g/mol. The lowest BCUT2D eigenvalue weighted by Crippen LogP contribution is -2.14. The van der Waals surface area contributed by atoms with Crippen molar-refractivity contribution in [3.63, 3.8) is 0 Å². The number of alkyl halides is 2. The Hall–Kier alpha value is -1.39. The van der Waals surface area contributed by atoms with Crippen LogP contribution >= 0.6 is 0 Å². The molecule has 0 aliphatic carbocycles. The number of aromatic amines is 1. The number of aromatic nitrogens is 1. The Labute approximate surface area is 73.4 Å². The molecule has 0 atom stereocenters. The summed E-state index contributed by atoms with van der Waals surface area (Å²) in [5, 5.41) is 0. The van der Waals surface area contributed by atoms with Gasteiger partial charge in [-0.2, -0.15) is 0 Å². The Morgan fingerprint density at radius 3 is 2.62 bits per heavy atom. The summed E-state index contributed by atoms with van der Waals surface area (Å²) in [4.78, 5) is 13.7. The first-order valence-electron chi connectivity index (χ1n) is 3.62. The molecule has 1 aromatic heterocycles. The van der Waals surface area contributed by atoms with Gasteiger partial charge in [0.05, 0.1) is 7.11 Å². The number of aryl methyl sites for hydroxylation is 1. The Bertz CT molecular complexity index is 360. The van der Waals surface area contributed by atoms with Gasteiger partial charge in [0.15, 0.2) is 5.43 Å². The molecule has 0 aliphatic heterocycles. The number of pyridine rings is 1. The van der Waals surface area contributed by atoms with E-state index >= 15 is 0 Å². The summed E-state index contributed by atoms with van der Waals surface area (Å²) < 4.78 is 29.3. The molecule has 5 heteroatoms. The molecule has 13 heavy (non-hydrogen) atoms. The van der Waals surface area contributed by atoms with Crippen LogP contribution in [0.3, 0.4) is 0 Å². The summed E-state index contributed by atoms with van der Waals surface area (Å²) in [5.74, 6) is -0.175. The minimum atomic E-state index is -2.82. The normalized spacial score (nSPS) is 10.5. The third kappa shape index (κ3) is 1.68. The largest absolute Gasteiger partial charge is 0.482 e. The van der Waals surface area contributed by atoms with Crippen molar-refractivity contribution in [1.29, 1.82) is 0 Å². The highest BCUT2D eigenvalue weighted by Crippen LogP contribution is 2.23. The van der Waals surface area contributed by atoms with Gasteiger partial charge in [-0.1, -0.05) is 0 Å². The summed E-state index contributed by atoms with van der Waals surface area (Å²) >= 11 is 0. The van der Waals surface area contributed by atoms with Crippen molar-refractivity contribution in [2.24, 2.45) is 0 Å². The van der Waals surface area contributed by atoms with Crippen LogP contribution in [0.2, 0.25) is 0 Å². The Balaban J connectivity index is 3.42. The Morgan fingerprint density at radius 1 is 1.54 bits per heavy atom. The number of ether oxygens (including phenoxy) is 1. The Morgan fingerprint density at radius 2 is 2.15 bits per heavy atom. The van der Waals surface area contributed by atoms with Crippen molar-refractivity contribution >= 4 is 0 Å². The fourth-order valence-corrected chi connectivity index (χ4v) is 1.000. The van der Waals surface area contributed by atoms with Crippen LogP contribution < -0.4 is 10.2 Å². The highest BCUT2D eigenvalue weighted by Gasteiger charge is 2.19. The predicted molar refractivity (Wildman–Crippen MR) is 43.3 cm³/mol. The number of hydrogen-bond acceptors (Lipinski definition) is 2. The molecule has 0 saturated heterocycles. The van der Waals surface area contributed by atoms with E-state index in [1.54, 1.807) is 0 Å². The van der Waals surface area contributed by atoms with Crippen LogP contribution in [0.4, 0.5) is 8.78 Å². The van der Waals surface area contributed by atoms with E-state index in [1.807, 2.05) is 0 Å². The second-order valence-electron chi connectivity index (χ2n) is 2.55. The fraction of sp³-hybridized carbons (Fsp3) is 0.375. The van der Waals surface area contributed by atoms with Crippen LogP contribution in [-0.4, -0.2) is 12.1 Å². The van der Waals surface area contributed by atoms with Crippen LogP contribution in [-0.2, 0) is 0 Å². The minimum absolute atomic E-state index is 0.175. The van der Waals surface area contributed by atoms with Crippen molar-refractivity contribution in [2.45, 2.75) is 13.3 Å². The highest BCUT2D eigenvalue weighted by atomic mass is 19.3. The molecule has 0 aromatic carbocycles. The molecule has 0 amide bonds. The summed E-state index contributed by atoms with van der Waals surface area (Å²) in [6, 6.07) is 0. The third-order valence-electron chi connectivity index (χ3n) is 1.69. The molecular formula is C8H9F2NO2. The molecule has 0 aliphatic rings. The van der Waals surface area contributed by atoms with Gasteiger partial charge in [-0.25, -0.2) is 8.78 Å². The first kappa shape index (κ1) is 9.70. The first-order valence-corrected chi connectivity index (χ1v) is 3.62. The van der Waals surface area contributed by atoms with E-state index in [9.17, 15) is 13.6 Å². The number of methoxy groups -OCH3 is 1. The van der Waals surface area contributed by atoms with Crippen molar-refractivity contribution in [3.05, 3.63) is 27.5 Å². The molecule has 72 valence electrons. The SMILES string of the molecule is COc1[nH]cc(C)c(=O)c1C(F)F. The molecule has 0 spiro atoms. The standard InChI is InChI=1S/C8H9F2NO2/c1-4-3-11-8(13-2)5(6(4)12)7(9)10/h3,7H,1-2H3,(H,11,12). The van der Waals surface area contributed by atoms with Crippen LogP contribution in [0.5, 0.6) is 5.88 Å².